The van der Waals surface area contributed by atoms with E-state index in [4.69, 9.17) is 9.84 Å². The lowest BCUT2D eigenvalue weighted by molar-refractivity contribution is 0.0621. The monoisotopic (exact) mass is 164 g/mol. The molecule has 0 saturated carbocycles. The van der Waals surface area contributed by atoms with Gasteiger partial charge in [0.2, 0.25) is 0 Å². The molecule has 2 aliphatic heterocycles. The number of hydrogen-bond acceptors (Lipinski definition) is 2. The van der Waals surface area contributed by atoms with E-state index in [9.17, 15) is 0 Å². The average molecular weight is 164 g/mol. The molecular formula is C10H12O2. The van der Waals surface area contributed by atoms with Crippen LogP contribution in [0.2, 0.25) is 0 Å². The van der Waals surface area contributed by atoms with Crippen LogP contribution in [-0.4, -0.2) is 23.9 Å². The molecule has 12 heavy (non-hydrogen) atoms. The van der Waals surface area contributed by atoms with E-state index in [1.54, 1.807) is 0 Å². The quantitative estimate of drug-likeness (QED) is 0.538. The zero-order valence-electron chi connectivity index (χ0n) is 6.92. The third-order valence-electron chi connectivity index (χ3n) is 2.30. The molecule has 0 aromatic rings. The van der Waals surface area contributed by atoms with Crippen molar-refractivity contribution in [3.63, 3.8) is 0 Å². The first-order valence-electron chi connectivity index (χ1n) is 4.34. The molecule has 64 valence electrons. The largest absolute Gasteiger partial charge is 0.384 e. The maximum atomic E-state index is 8.51. The van der Waals surface area contributed by atoms with Crippen LogP contribution in [0.25, 0.3) is 0 Å². The standard InChI is InChI=1S/C10H12O2/c11-5-1-2-8-6-9-3-4-10(7-8)12-9/h6,9-11H,3-5,7H2. The molecule has 0 aromatic carbocycles. The number of fused-ring (bicyclic) bond motifs is 2. The molecule has 2 aliphatic rings. The second-order valence-electron chi connectivity index (χ2n) is 3.23. The summed E-state index contributed by atoms with van der Waals surface area (Å²) in [5.74, 6) is 5.62. The Morgan fingerprint density at radius 2 is 2.50 bits per heavy atom. The average Bonchev–Trinajstić information content (AvgIpc) is 2.42. The van der Waals surface area contributed by atoms with Gasteiger partial charge < -0.3 is 9.84 Å². The molecule has 2 bridgehead atoms. The van der Waals surface area contributed by atoms with Gasteiger partial charge in [0.1, 0.15) is 6.61 Å². The van der Waals surface area contributed by atoms with Crippen LogP contribution in [0.1, 0.15) is 19.3 Å². The second kappa shape index (κ2) is 3.30. The fraction of sp³-hybridized carbons (Fsp3) is 0.600. The smallest absolute Gasteiger partial charge is 0.104 e. The van der Waals surface area contributed by atoms with Crippen LogP contribution in [0.4, 0.5) is 0 Å². The zero-order valence-corrected chi connectivity index (χ0v) is 6.92. The lowest BCUT2D eigenvalue weighted by Gasteiger charge is -2.16. The predicted molar refractivity (Wildman–Crippen MR) is 45.5 cm³/mol. The van der Waals surface area contributed by atoms with Crippen molar-refractivity contribution in [2.24, 2.45) is 0 Å². The summed E-state index contributed by atoms with van der Waals surface area (Å²) in [5, 5.41) is 8.51. The first-order valence-corrected chi connectivity index (χ1v) is 4.34. The SMILES string of the molecule is OCC#CC1=CC2CCC(C1)O2. The fourth-order valence-electron chi connectivity index (χ4n) is 1.79. The van der Waals surface area contributed by atoms with E-state index in [0.29, 0.717) is 12.2 Å². The molecule has 2 rings (SSSR count). The Morgan fingerprint density at radius 1 is 1.58 bits per heavy atom. The van der Waals surface area contributed by atoms with Crippen molar-refractivity contribution in [3.05, 3.63) is 11.6 Å². The Kier molecular flexibility index (Phi) is 2.16. The molecular weight excluding hydrogens is 152 g/mol. The minimum Gasteiger partial charge on any atom is -0.384 e. The van der Waals surface area contributed by atoms with Gasteiger partial charge in [0.15, 0.2) is 0 Å². The van der Waals surface area contributed by atoms with E-state index in [1.165, 1.54) is 0 Å². The van der Waals surface area contributed by atoms with Gasteiger partial charge in [-0.1, -0.05) is 11.8 Å². The summed E-state index contributed by atoms with van der Waals surface area (Å²) in [5.41, 5.74) is 1.14. The Bertz CT molecular complexity index is 257. The molecule has 2 heteroatoms. The lowest BCUT2D eigenvalue weighted by atomic mass is 10.1. The van der Waals surface area contributed by atoms with Crippen LogP contribution in [0.15, 0.2) is 11.6 Å². The molecule has 1 N–H and O–H groups in total. The van der Waals surface area contributed by atoms with Crippen molar-refractivity contribution in [2.45, 2.75) is 31.5 Å². The van der Waals surface area contributed by atoms with Gasteiger partial charge in [0.25, 0.3) is 0 Å². The van der Waals surface area contributed by atoms with Crippen molar-refractivity contribution in [2.75, 3.05) is 6.61 Å². The molecule has 0 spiro atoms. The van der Waals surface area contributed by atoms with Crippen molar-refractivity contribution < 1.29 is 9.84 Å². The third kappa shape index (κ3) is 1.52. The van der Waals surface area contributed by atoms with Crippen molar-refractivity contribution >= 4 is 0 Å². The van der Waals surface area contributed by atoms with E-state index in [2.05, 4.69) is 17.9 Å². The second-order valence-corrected chi connectivity index (χ2v) is 3.23. The van der Waals surface area contributed by atoms with Crippen LogP contribution >= 0.6 is 0 Å². The summed E-state index contributed by atoms with van der Waals surface area (Å²) in [4.78, 5) is 0. The summed E-state index contributed by atoms with van der Waals surface area (Å²) in [6.45, 7) is -0.0481. The number of aliphatic hydroxyl groups excluding tert-OH is 1. The van der Waals surface area contributed by atoms with Gasteiger partial charge in [-0.05, 0) is 18.9 Å². The van der Waals surface area contributed by atoms with Gasteiger partial charge >= 0.3 is 0 Å². The third-order valence-corrected chi connectivity index (χ3v) is 2.30. The normalized spacial score (nSPS) is 32.2. The van der Waals surface area contributed by atoms with Crippen LogP contribution in [0.3, 0.4) is 0 Å². The van der Waals surface area contributed by atoms with Gasteiger partial charge in [-0.3, -0.25) is 0 Å². The van der Waals surface area contributed by atoms with Crippen molar-refractivity contribution in [3.8, 4) is 11.8 Å². The van der Waals surface area contributed by atoms with E-state index in [1.807, 2.05) is 0 Å². The van der Waals surface area contributed by atoms with E-state index < -0.39 is 0 Å². The van der Waals surface area contributed by atoms with Crippen LogP contribution in [-0.2, 0) is 4.74 Å². The Labute approximate surface area is 72.2 Å². The van der Waals surface area contributed by atoms with Gasteiger partial charge in [0, 0.05) is 12.0 Å². The number of aliphatic hydroxyl groups is 1. The molecule has 2 heterocycles. The Balaban J connectivity index is 2.08. The van der Waals surface area contributed by atoms with Crippen LogP contribution in [0.5, 0.6) is 0 Å². The summed E-state index contributed by atoms with van der Waals surface area (Å²) in [6, 6.07) is 0. The highest BCUT2D eigenvalue weighted by Gasteiger charge is 2.28. The minimum absolute atomic E-state index is 0.0481. The molecule has 0 aliphatic carbocycles. The molecule has 2 atom stereocenters. The highest BCUT2D eigenvalue weighted by molar-refractivity contribution is 5.32. The van der Waals surface area contributed by atoms with Crippen molar-refractivity contribution in [1.82, 2.24) is 0 Å². The molecule has 0 aromatic heterocycles. The molecule has 0 amide bonds. The van der Waals surface area contributed by atoms with Crippen molar-refractivity contribution in [1.29, 1.82) is 0 Å². The Hall–Kier alpha value is -0.780. The number of hydrogen-bond donors (Lipinski definition) is 1. The maximum Gasteiger partial charge on any atom is 0.104 e. The van der Waals surface area contributed by atoms with E-state index in [0.717, 1.165) is 24.8 Å². The Morgan fingerprint density at radius 3 is 3.25 bits per heavy atom. The highest BCUT2D eigenvalue weighted by Crippen LogP contribution is 2.30. The summed E-state index contributed by atoms with van der Waals surface area (Å²) >= 11 is 0. The van der Waals surface area contributed by atoms with Gasteiger partial charge in [-0.25, -0.2) is 0 Å². The predicted octanol–water partition coefficient (Wildman–Crippen LogP) is 0.860. The topological polar surface area (TPSA) is 29.5 Å². The lowest BCUT2D eigenvalue weighted by Crippen LogP contribution is -2.15. The molecule has 1 saturated heterocycles. The molecule has 2 nitrogen and oxygen atoms in total. The van der Waals surface area contributed by atoms with Gasteiger partial charge in [-0.15, -0.1) is 0 Å². The molecule has 1 fully saturated rings. The molecule has 0 radical (unpaired) electrons. The fourth-order valence-corrected chi connectivity index (χ4v) is 1.79. The van der Waals surface area contributed by atoms with Gasteiger partial charge in [0.05, 0.1) is 12.2 Å². The first kappa shape index (κ1) is 7.85. The molecule has 2 unspecified atom stereocenters. The summed E-state index contributed by atoms with van der Waals surface area (Å²) in [6.07, 6.45) is 6.01. The van der Waals surface area contributed by atoms with E-state index >= 15 is 0 Å². The number of ether oxygens (including phenoxy) is 1. The summed E-state index contributed by atoms with van der Waals surface area (Å²) in [7, 11) is 0. The minimum atomic E-state index is -0.0481. The van der Waals surface area contributed by atoms with E-state index in [-0.39, 0.29) is 6.61 Å². The van der Waals surface area contributed by atoms with Crippen LogP contribution in [0, 0.1) is 11.8 Å². The number of rotatable bonds is 0. The first-order chi connectivity index (χ1) is 5.88. The summed E-state index contributed by atoms with van der Waals surface area (Å²) < 4.78 is 5.60. The zero-order chi connectivity index (χ0) is 8.39. The highest BCUT2D eigenvalue weighted by atomic mass is 16.5. The van der Waals surface area contributed by atoms with Gasteiger partial charge in [-0.2, -0.15) is 0 Å². The maximum absolute atomic E-state index is 8.51. The van der Waals surface area contributed by atoms with Crippen LogP contribution < -0.4 is 0 Å².